The van der Waals surface area contributed by atoms with Crippen molar-refractivity contribution in [2.45, 2.75) is 13.8 Å². The number of rotatable bonds is 7. The van der Waals surface area contributed by atoms with Gasteiger partial charge in [-0.25, -0.2) is 28.3 Å². The third-order valence-corrected chi connectivity index (χ3v) is 7.30. The lowest BCUT2D eigenvalue weighted by molar-refractivity contribution is -0.134. The smallest absolute Gasteiger partial charge is 0.247 e. The van der Waals surface area contributed by atoms with Gasteiger partial charge in [-0.3, -0.25) is 10.0 Å². The summed E-state index contributed by atoms with van der Waals surface area (Å²) in [7, 11) is -3.67. The number of nitrogens with one attached hydrogen (secondary N) is 1. The molecule has 0 spiro atoms. The molecule has 2 aromatic rings. The number of benzene rings is 1. The Morgan fingerprint density at radius 2 is 1.68 bits per heavy atom. The van der Waals surface area contributed by atoms with E-state index in [2.05, 4.69) is 9.97 Å². The summed E-state index contributed by atoms with van der Waals surface area (Å²) in [6, 6.07) is 6.05. The van der Waals surface area contributed by atoms with Crippen LogP contribution in [0.4, 0.5) is 10.3 Å². The lowest BCUT2D eigenvalue weighted by Gasteiger charge is -2.34. The van der Waals surface area contributed by atoms with Gasteiger partial charge in [0.15, 0.2) is 0 Å². The fourth-order valence-electron chi connectivity index (χ4n) is 3.43. The second kappa shape index (κ2) is 9.67. The number of carbonyl (C=O) groups excluding carboxylic acids is 1. The number of hydrogen-bond acceptors (Lipinski definition) is 7. The molecule has 1 amide bonds. The molecule has 1 fully saturated rings. The molecule has 0 saturated carbocycles. The molecule has 0 bridgehead atoms. The zero-order valence-electron chi connectivity index (χ0n) is 17.4. The van der Waals surface area contributed by atoms with Gasteiger partial charge in [-0.1, -0.05) is 26.0 Å². The van der Waals surface area contributed by atoms with E-state index >= 15 is 0 Å². The minimum Gasteiger partial charge on any atom is -0.338 e. The minimum absolute atomic E-state index is 0.240. The van der Waals surface area contributed by atoms with Gasteiger partial charge in [0, 0.05) is 44.1 Å². The molecule has 11 heteroatoms. The highest BCUT2D eigenvalue weighted by Gasteiger charge is 2.34. The molecular formula is C20H26FN5O4S. The fraction of sp³-hybridized carbons (Fsp3) is 0.450. The number of hydrogen-bond donors (Lipinski definition) is 2. The average molecular weight is 452 g/mol. The number of sulfonamides is 1. The summed E-state index contributed by atoms with van der Waals surface area (Å²) in [6.45, 7) is 4.79. The summed E-state index contributed by atoms with van der Waals surface area (Å²) < 4.78 is 40.0. The van der Waals surface area contributed by atoms with Crippen molar-refractivity contribution in [3.05, 3.63) is 42.5 Å². The van der Waals surface area contributed by atoms with Crippen LogP contribution < -0.4 is 10.4 Å². The number of anilines is 1. The van der Waals surface area contributed by atoms with Gasteiger partial charge in [0.1, 0.15) is 5.82 Å². The van der Waals surface area contributed by atoms with Crippen molar-refractivity contribution in [1.82, 2.24) is 19.8 Å². The van der Waals surface area contributed by atoms with Crippen LogP contribution in [0.5, 0.6) is 0 Å². The zero-order valence-corrected chi connectivity index (χ0v) is 18.2. The molecule has 0 unspecified atom stereocenters. The number of piperazine rings is 1. The van der Waals surface area contributed by atoms with E-state index in [1.165, 1.54) is 16.4 Å². The van der Waals surface area contributed by atoms with E-state index in [0.29, 0.717) is 19.0 Å². The molecule has 9 nitrogen and oxygen atoms in total. The Morgan fingerprint density at radius 3 is 2.19 bits per heavy atom. The quantitative estimate of drug-likeness (QED) is 0.484. The van der Waals surface area contributed by atoms with Gasteiger partial charge in [0.25, 0.3) is 0 Å². The Bertz CT molecular complexity index is 991. The number of carbonyl (C=O) groups is 1. The van der Waals surface area contributed by atoms with Crippen molar-refractivity contribution in [2.75, 3.05) is 36.8 Å². The molecule has 1 aliphatic heterocycles. The van der Waals surface area contributed by atoms with Crippen LogP contribution >= 0.6 is 0 Å². The lowest BCUT2D eigenvalue weighted by Crippen LogP contribution is -2.51. The Balaban J connectivity index is 1.62. The molecule has 2 heterocycles. The number of nitrogens with zero attached hydrogens (tertiary/aromatic N) is 4. The van der Waals surface area contributed by atoms with E-state index in [0.717, 1.165) is 11.1 Å². The number of hydroxylamine groups is 1. The van der Waals surface area contributed by atoms with Crippen molar-refractivity contribution in [2.24, 2.45) is 11.8 Å². The molecule has 1 saturated heterocycles. The molecule has 0 aliphatic carbocycles. The van der Waals surface area contributed by atoms with Gasteiger partial charge >= 0.3 is 0 Å². The van der Waals surface area contributed by atoms with Crippen molar-refractivity contribution in [3.63, 3.8) is 0 Å². The van der Waals surface area contributed by atoms with Gasteiger partial charge < -0.3 is 4.90 Å². The summed E-state index contributed by atoms with van der Waals surface area (Å²) >= 11 is 0. The lowest BCUT2D eigenvalue weighted by atomic mass is 9.97. The number of amides is 1. The molecular weight excluding hydrogens is 425 g/mol. The highest BCUT2D eigenvalue weighted by molar-refractivity contribution is 7.89. The SMILES string of the molecule is CC(C)[C@@H](CS(=O)(=O)N1CCN(c2ncc(-c3ccc(F)cc3)cn2)CC1)C(=O)NO. The zero-order chi connectivity index (χ0) is 22.6. The molecule has 0 radical (unpaired) electrons. The Labute approximate surface area is 180 Å². The van der Waals surface area contributed by atoms with Gasteiger partial charge in [0.05, 0.1) is 11.7 Å². The highest BCUT2D eigenvalue weighted by atomic mass is 32.2. The fourth-order valence-corrected chi connectivity index (χ4v) is 5.35. The van der Waals surface area contributed by atoms with E-state index in [-0.39, 0.29) is 30.6 Å². The maximum absolute atomic E-state index is 13.1. The van der Waals surface area contributed by atoms with E-state index < -0.39 is 21.8 Å². The largest absolute Gasteiger partial charge is 0.338 e. The van der Waals surface area contributed by atoms with Crippen molar-refractivity contribution >= 4 is 21.9 Å². The third-order valence-electron chi connectivity index (χ3n) is 5.37. The molecule has 2 N–H and O–H groups in total. The van der Waals surface area contributed by atoms with E-state index in [9.17, 15) is 17.6 Å². The maximum Gasteiger partial charge on any atom is 0.247 e. The Hall–Kier alpha value is -2.63. The van der Waals surface area contributed by atoms with Crippen LogP contribution in [0.15, 0.2) is 36.7 Å². The Morgan fingerprint density at radius 1 is 1.10 bits per heavy atom. The van der Waals surface area contributed by atoms with Gasteiger partial charge in [-0.05, 0) is 23.6 Å². The summed E-state index contributed by atoms with van der Waals surface area (Å²) in [5.74, 6) is -1.97. The third kappa shape index (κ3) is 5.54. The monoisotopic (exact) mass is 451 g/mol. The summed E-state index contributed by atoms with van der Waals surface area (Å²) in [5, 5.41) is 8.88. The number of halogens is 1. The van der Waals surface area contributed by atoms with Crippen LogP contribution in [-0.2, 0) is 14.8 Å². The second-order valence-corrected chi connectivity index (χ2v) is 9.78. The van der Waals surface area contributed by atoms with Crippen LogP contribution in [0.1, 0.15) is 13.8 Å². The minimum atomic E-state index is -3.67. The highest BCUT2D eigenvalue weighted by Crippen LogP contribution is 2.21. The Kier molecular flexibility index (Phi) is 7.19. The molecule has 168 valence electrons. The average Bonchev–Trinajstić information content (AvgIpc) is 2.77. The first-order valence-electron chi connectivity index (χ1n) is 9.96. The van der Waals surface area contributed by atoms with Crippen molar-refractivity contribution in [1.29, 1.82) is 0 Å². The predicted molar refractivity (Wildman–Crippen MR) is 113 cm³/mol. The van der Waals surface area contributed by atoms with Crippen LogP contribution in [0.2, 0.25) is 0 Å². The van der Waals surface area contributed by atoms with E-state index in [1.807, 2.05) is 4.90 Å². The molecule has 1 aromatic carbocycles. The summed E-state index contributed by atoms with van der Waals surface area (Å²) in [5.41, 5.74) is 3.11. The first-order chi connectivity index (χ1) is 14.7. The maximum atomic E-state index is 13.1. The van der Waals surface area contributed by atoms with Crippen LogP contribution in [-0.4, -0.2) is 65.7 Å². The molecule has 3 rings (SSSR count). The predicted octanol–water partition coefficient (Wildman–Crippen LogP) is 1.51. The van der Waals surface area contributed by atoms with E-state index in [4.69, 9.17) is 5.21 Å². The van der Waals surface area contributed by atoms with E-state index in [1.54, 1.807) is 43.9 Å². The second-order valence-electron chi connectivity index (χ2n) is 7.77. The van der Waals surface area contributed by atoms with Crippen LogP contribution in [0.3, 0.4) is 0 Å². The van der Waals surface area contributed by atoms with Gasteiger partial charge in [-0.15, -0.1) is 0 Å². The van der Waals surface area contributed by atoms with Crippen LogP contribution in [0.25, 0.3) is 11.1 Å². The number of aromatic nitrogens is 2. The van der Waals surface area contributed by atoms with Gasteiger partial charge in [0.2, 0.25) is 21.9 Å². The molecule has 31 heavy (non-hydrogen) atoms. The standard InChI is InChI=1S/C20H26FN5O4S/c1-14(2)18(19(27)24-28)13-31(29,30)26-9-7-25(8-10-26)20-22-11-16(12-23-20)15-3-5-17(21)6-4-15/h3-6,11-12,14,18,28H,7-10,13H2,1-2H3,(H,24,27)/t18-/m1/s1. The normalized spacial score (nSPS) is 16.4. The van der Waals surface area contributed by atoms with Crippen molar-refractivity contribution < 1.29 is 22.8 Å². The summed E-state index contributed by atoms with van der Waals surface area (Å²) in [4.78, 5) is 22.4. The topological polar surface area (TPSA) is 116 Å². The van der Waals surface area contributed by atoms with Gasteiger partial charge in [-0.2, -0.15) is 4.31 Å². The van der Waals surface area contributed by atoms with Crippen molar-refractivity contribution in [3.8, 4) is 11.1 Å². The van der Waals surface area contributed by atoms with Crippen LogP contribution in [0, 0.1) is 17.7 Å². The molecule has 1 aromatic heterocycles. The summed E-state index contributed by atoms with van der Waals surface area (Å²) in [6.07, 6.45) is 3.30. The molecule has 1 atom stereocenters. The first-order valence-corrected chi connectivity index (χ1v) is 11.6. The first kappa shape index (κ1) is 23.0. The molecule has 1 aliphatic rings.